The van der Waals surface area contributed by atoms with Gasteiger partial charge in [-0.3, -0.25) is 9.20 Å². The van der Waals surface area contributed by atoms with Crippen LogP contribution in [0.1, 0.15) is 30.9 Å². The van der Waals surface area contributed by atoms with Crippen LogP contribution in [0, 0.1) is 18.3 Å². The van der Waals surface area contributed by atoms with Crippen molar-refractivity contribution in [1.82, 2.24) is 14.7 Å². The number of benzene rings is 1. The topological polar surface area (TPSA) is 70.2 Å². The normalized spacial score (nSPS) is 10.9. The first-order valence-corrected chi connectivity index (χ1v) is 9.34. The number of fused-ring (bicyclic) bond motifs is 3. The highest BCUT2D eigenvalue weighted by Crippen LogP contribution is 2.29. The number of unbranched alkanes of at least 4 members (excludes halogenated alkanes) is 1. The van der Waals surface area contributed by atoms with E-state index < -0.39 is 0 Å². The Hall–Kier alpha value is -2.52. The Morgan fingerprint density at radius 2 is 2.20 bits per heavy atom. The summed E-state index contributed by atoms with van der Waals surface area (Å²) in [5.74, 6) is 0.370. The summed E-state index contributed by atoms with van der Waals surface area (Å²) in [4.78, 5) is 16.6. The first kappa shape index (κ1) is 17.3. The van der Waals surface area contributed by atoms with E-state index in [-0.39, 0.29) is 5.91 Å². The zero-order valence-corrected chi connectivity index (χ0v) is 15.2. The van der Waals surface area contributed by atoms with E-state index in [1.54, 1.807) is 0 Å². The maximum atomic E-state index is 12.0. The molecule has 6 heteroatoms. The summed E-state index contributed by atoms with van der Waals surface area (Å²) in [6.45, 7) is 4.72. The monoisotopic (exact) mass is 352 g/mol. The molecule has 0 bridgehead atoms. The molecule has 3 aromatic rings. The van der Waals surface area contributed by atoms with Crippen LogP contribution in [-0.4, -0.2) is 27.6 Å². The second-order valence-corrected chi connectivity index (χ2v) is 6.90. The van der Waals surface area contributed by atoms with Crippen molar-refractivity contribution in [3.8, 4) is 6.07 Å². The minimum Gasteiger partial charge on any atom is -0.355 e. The van der Waals surface area contributed by atoms with Gasteiger partial charge in [-0.2, -0.15) is 5.26 Å². The molecule has 0 aliphatic rings. The molecule has 0 saturated heterocycles. The molecule has 1 N–H and O–H groups in total. The van der Waals surface area contributed by atoms with E-state index in [0.717, 1.165) is 34.5 Å². The number of carbonyl (C=O) groups excluding carboxylic acids is 1. The number of nitriles is 1. The minimum absolute atomic E-state index is 0.0260. The molecule has 25 heavy (non-hydrogen) atoms. The van der Waals surface area contributed by atoms with Crippen molar-refractivity contribution in [2.75, 3.05) is 12.3 Å². The molecule has 0 unspecified atom stereocenters. The number of para-hydroxylation sites is 2. The number of imidazole rings is 1. The van der Waals surface area contributed by atoms with Gasteiger partial charge in [-0.15, -0.1) is 0 Å². The van der Waals surface area contributed by atoms with Crippen molar-refractivity contribution in [1.29, 1.82) is 5.26 Å². The Morgan fingerprint density at radius 3 is 2.96 bits per heavy atom. The average molecular weight is 352 g/mol. The molecule has 0 fully saturated rings. The second-order valence-electron chi connectivity index (χ2n) is 5.90. The van der Waals surface area contributed by atoms with Gasteiger partial charge in [0, 0.05) is 6.54 Å². The van der Waals surface area contributed by atoms with Crippen LogP contribution in [0.5, 0.6) is 0 Å². The van der Waals surface area contributed by atoms with Crippen molar-refractivity contribution in [2.24, 2.45) is 0 Å². The molecule has 0 saturated carbocycles. The van der Waals surface area contributed by atoms with Crippen molar-refractivity contribution < 1.29 is 4.79 Å². The van der Waals surface area contributed by atoms with Gasteiger partial charge in [0.2, 0.25) is 5.91 Å². The van der Waals surface area contributed by atoms with Crippen LogP contribution in [0.4, 0.5) is 0 Å². The third kappa shape index (κ3) is 3.47. The van der Waals surface area contributed by atoms with E-state index in [1.807, 2.05) is 41.7 Å². The number of hydrogen-bond acceptors (Lipinski definition) is 4. The highest BCUT2D eigenvalue weighted by Gasteiger charge is 2.16. The third-order valence-electron chi connectivity index (χ3n) is 4.05. The van der Waals surface area contributed by atoms with Gasteiger partial charge in [0.15, 0.2) is 5.65 Å². The number of aryl methyl sites for hydroxylation is 1. The van der Waals surface area contributed by atoms with E-state index in [1.165, 1.54) is 11.8 Å². The first-order valence-electron chi connectivity index (χ1n) is 8.36. The number of aromatic nitrogens is 2. The van der Waals surface area contributed by atoms with E-state index >= 15 is 0 Å². The lowest BCUT2D eigenvalue weighted by atomic mass is 10.2. The summed E-state index contributed by atoms with van der Waals surface area (Å²) >= 11 is 1.47. The zero-order valence-electron chi connectivity index (χ0n) is 14.4. The number of amides is 1. The molecule has 2 heterocycles. The molecule has 128 valence electrons. The predicted molar refractivity (Wildman–Crippen MR) is 101 cm³/mol. The highest BCUT2D eigenvalue weighted by atomic mass is 32.2. The van der Waals surface area contributed by atoms with Crippen LogP contribution in [0.25, 0.3) is 16.7 Å². The van der Waals surface area contributed by atoms with Gasteiger partial charge in [-0.1, -0.05) is 37.2 Å². The number of carbonyl (C=O) groups is 1. The summed E-state index contributed by atoms with van der Waals surface area (Å²) in [6.07, 6.45) is 2.05. The van der Waals surface area contributed by atoms with E-state index in [0.29, 0.717) is 23.5 Å². The lowest BCUT2D eigenvalue weighted by Gasteiger charge is -2.10. The number of nitrogens with one attached hydrogen (secondary N) is 1. The maximum absolute atomic E-state index is 12.0. The quantitative estimate of drug-likeness (QED) is 0.543. The SMILES string of the molecule is CCCCNC(=O)CSc1cc(C)c(C#N)c2nc3ccccc3n12. The maximum Gasteiger partial charge on any atom is 0.230 e. The Labute approximate surface area is 151 Å². The standard InChI is InChI=1S/C19H20N4OS/c1-3-4-9-21-17(24)12-25-18-10-13(2)14(11-20)19-22-15-7-5-6-8-16(15)23(18)19/h5-8,10H,3-4,9,12H2,1-2H3,(H,21,24). The first-order chi connectivity index (χ1) is 12.2. The molecule has 2 aromatic heterocycles. The van der Waals surface area contributed by atoms with Crippen molar-refractivity contribution in [2.45, 2.75) is 31.7 Å². The fourth-order valence-electron chi connectivity index (χ4n) is 2.75. The summed E-state index contributed by atoms with van der Waals surface area (Å²) in [7, 11) is 0. The third-order valence-corrected chi connectivity index (χ3v) is 5.06. The van der Waals surface area contributed by atoms with Gasteiger partial charge in [-0.05, 0) is 37.1 Å². The summed E-state index contributed by atoms with van der Waals surface area (Å²) in [6, 6.07) is 12.0. The highest BCUT2D eigenvalue weighted by molar-refractivity contribution is 7.99. The van der Waals surface area contributed by atoms with E-state index in [9.17, 15) is 10.1 Å². The molecule has 0 spiro atoms. The van der Waals surface area contributed by atoms with Gasteiger partial charge in [-0.25, -0.2) is 4.98 Å². The Bertz CT molecular complexity index is 971. The van der Waals surface area contributed by atoms with Gasteiger partial charge >= 0.3 is 0 Å². The largest absolute Gasteiger partial charge is 0.355 e. The average Bonchev–Trinajstić information content (AvgIpc) is 2.99. The van der Waals surface area contributed by atoms with Crippen LogP contribution >= 0.6 is 11.8 Å². The molecule has 0 aliphatic carbocycles. The van der Waals surface area contributed by atoms with Gasteiger partial charge < -0.3 is 5.32 Å². The molecular formula is C19H20N4OS. The van der Waals surface area contributed by atoms with Crippen LogP contribution in [0.15, 0.2) is 35.4 Å². The number of hydrogen-bond donors (Lipinski definition) is 1. The molecule has 5 nitrogen and oxygen atoms in total. The van der Waals surface area contributed by atoms with Crippen LogP contribution < -0.4 is 5.32 Å². The Kier molecular flexibility index (Phi) is 5.25. The minimum atomic E-state index is 0.0260. The van der Waals surface area contributed by atoms with Gasteiger partial charge in [0.25, 0.3) is 0 Å². The van der Waals surface area contributed by atoms with Crippen LogP contribution in [0.3, 0.4) is 0 Å². The number of rotatable bonds is 6. The lowest BCUT2D eigenvalue weighted by Crippen LogP contribution is -2.26. The number of thioether (sulfide) groups is 1. The molecule has 0 atom stereocenters. The second kappa shape index (κ2) is 7.58. The van der Waals surface area contributed by atoms with Crippen molar-refractivity contribution in [3.63, 3.8) is 0 Å². The van der Waals surface area contributed by atoms with Crippen molar-refractivity contribution >= 4 is 34.3 Å². The molecule has 3 rings (SSSR count). The predicted octanol–water partition coefficient (Wildman–Crippen LogP) is 3.68. The Balaban J connectivity index is 1.98. The Morgan fingerprint density at radius 1 is 1.40 bits per heavy atom. The summed E-state index contributed by atoms with van der Waals surface area (Å²) < 4.78 is 1.98. The smallest absolute Gasteiger partial charge is 0.230 e. The summed E-state index contributed by atoms with van der Waals surface area (Å²) in [5.41, 5.74) is 3.89. The van der Waals surface area contributed by atoms with Gasteiger partial charge in [0.05, 0.1) is 27.4 Å². The van der Waals surface area contributed by atoms with Gasteiger partial charge in [0.1, 0.15) is 6.07 Å². The fourth-order valence-corrected chi connectivity index (χ4v) is 3.71. The zero-order chi connectivity index (χ0) is 17.8. The number of pyridine rings is 1. The lowest BCUT2D eigenvalue weighted by molar-refractivity contribution is -0.118. The van der Waals surface area contributed by atoms with Crippen LogP contribution in [-0.2, 0) is 4.79 Å². The number of nitrogens with zero attached hydrogens (tertiary/aromatic N) is 3. The van der Waals surface area contributed by atoms with E-state index in [2.05, 4.69) is 23.3 Å². The molecule has 1 amide bonds. The summed E-state index contributed by atoms with van der Waals surface area (Å²) in [5, 5.41) is 13.4. The fraction of sp³-hybridized carbons (Fsp3) is 0.316. The van der Waals surface area contributed by atoms with Crippen LogP contribution in [0.2, 0.25) is 0 Å². The van der Waals surface area contributed by atoms with E-state index in [4.69, 9.17) is 0 Å². The molecular weight excluding hydrogens is 332 g/mol. The molecule has 0 radical (unpaired) electrons. The van der Waals surface area contributed by atoms with Crippen molar-refractivity contribution in [3.05, 3.63) is 41.5 Å². The molecule has 0 aliphatic heterocycles. The molecule has 1 aromatic carbocycles.